The quantitative estimate of drug-likeness (QED) is 0.400. The van der Waals surface area contributed by atoms with Crippen LogP contribution in [0.15, 0.2) is 42.5 Å². The van der Waals surface area contributed by atoms with Crippen molar-refractivity contribution < 1.29 is 19.4 Å². The molecule has 1 amide bonds. The van der Waals surface area contributed by atoms with Gasteiger partial charge in [0.15, 0.2) is 6.10 Å². The Morgan fingerprint density at radius 3 is 2.14 bits per heavy atom. The highest BCUT2D eigenvalue weighted by Crippen LogP contribution is 2.23. The van der Waals surface area contributed by atoms with Crippen LogP contribution in [0.4, 0.5) is 4.79 Å². The van der Waals surface area contributed by atoms with Gasteiger partial charge in [-0.3, -0.25) is 0 Å². The zero-order chi connectivity index (χ0) is 22.2. The summed E-state index contributed by atoms with van der Waals surface area (Å²) in [6.45, 7) is 19.1. The van der Waals surface area contributed by atoms with Crippen LogP contribution in [0.1, 0.15) is 33.3 Å². The number of carbonyl (C=O) groups excluding carboxylic acids is 1. The molecule has 0 spiro atoms. The summed E-state index contributed by atoms with van der Waals surface area (Å²) in [5.41, 5.74) is 1.78. The first kappa shape index (κ1) is 25.4. The molecule has 0 heterocycles. The summed E-state index contributed by atoms with van der Waals surface area (Å²) in [4.78, 5) is 14.5. The van der Waals surface area contributed by atoms with Gasteiger partial charge in [0.2, 0.25) is 0 Å². The van der Waals surface area contributed by atoms with Crippen LogP contribution in [0, 0.1) is 0 Å². The summed E-state index contributed by atoms with van der Waals surface area (Å²) in [7, 11) is -1.49. The monoisotopic (exact) mass is 421 g/mol. The van der Waals surface area contributed by atoms with Crippen molar-refractivity contribution in [3.8, 4) is 0 Å². The Bertz CT molecular complexity index is 632. The summed E-state index contributed by atoms with van der Waals surface area (Å²) in [6, 6.07) is 10.5. The third-order valence-electron chi connectivity index (χ3n) is 4.46. The second-order valence-corrected chi connectivity index (χ2v) is 14.8. The highest BCUT2D eigenvalue weighted by molar-refractivity contribution is 6.76. The minimum Gasteiger partial charge on any atom is -0.439 e. The number of amides is 1. The first-order chi connectivity index (χ1) is 13.4. The van der Waals surface area contributed by atoms with Crippen LogP contribution in [0.5, 0.6) is 0 Å². The summed E-state index contributed by atoms with van der Waals surface area (Å²) in [5.74, 6) is 0. The third kappa shape index (κ3) is 9.15. The molecule has 1 rings (SSSR count). The van der Waals surface area contributed by atoms with E-state index in [4.69, 9.17) is 9.47 Å². The fourth-order valence-electron chi connectivity index (χ4n) is 3.36. The predicted molar refractivity (Wildman–Crippen MR) is 122 cm³/mol. The van der Waals surface area contributed by atoms with Gasteiger partial charge in [-0.05, 0) is 44.9 Å². The first-order valence-corrected chi connectivity index (χ1v) is 14.1. The van der Waals surface area contributed by atoms with Crippen molar-refractivity contribution in [3.05, 3.63) is 48.0 Å². The smallest absolute Gasteiger partial charge is 0.410 e. The lowest BCUT2D eigenvalue weighted by Crippen LogP contribution is -2.46. The average molecular weight is 422 g/mol. The number of aliphatic hydroxyl groups excluding tert-OH is 1. The Hall–Kier alpha value is -1.63. The van der Waals surface area contributed by atoms with Gasteiger partial charge in [0.25, 0.3) is 0 Å². The maximum absolute atomic E-state index is 12.8. The van der Waals surface area contributed by atoms with Crippen molar-refractivity contribution in [2.24, 2.45) is 0 Å². The molecule has 0 aliphatic heterocycles. The Morgan fingerprint density at radius 1 is 1.10 bits per heavy atom. The van der Waals surface area contributed by atoms with Gasteiger partial charge in [0.05, 0.1) is 13.2 Å². The molecule has 0 aliphatic rings. The van der Waals surface area contributed by atoms with Crippen LogP contribution in [0.25, 0.3) is 0 Å². The van der Waals surface area contributed by atoms with E-state index >= 15 is 0 Å². The van der Waals surface area contributed by atoms with Crippen LogP contribution in [0.2, 0.25) is 25.7 Å². The predicted octanol–water partition coefficient (Wildman–Crippen LogP) is 5.08. The molecule has 0 fully saturated rings. The Balaban J connectivity index is 2.86. The van der Waals surface area contributed by atoms with Crippen LogP contribution < -0.4 is 0 Å². The van der Waals surface area contributed by atoms with Crippen LogP contribution in [-0.2, 0) is 16.1 Å². The molecule has 0 saturated carbocycles. The van der Waals surface area contributed by atoms with E-state index in [0.29, 0.717) is 6.61 Å². The second-order valence-electron chi connectivity index (χ2n) is 9.36. The molecule has 0 unspecified atom stereocenters. The summed E-state index contributed by atoms with van der Waals surface area (Å²) < 4.78 is 11.5. The molecule has 0 aromatic heterocycles. The van der Waals surface area contributed by atoms with Crippen molar-refractivity contribution >= 4 is 14.2 Å². The standard InChI is InChI=1S/C23H39NO4Si/c1-17(2)24(18(3)4)23(26)28-22(19(5)16-29(6,7)8)21(25)15-27-14-20-12-10-9-11-13-20/h9-13,17-18,21-22,25H,5,14-16H2,1-4,6-8H3/t21-,22-/m1/s1. The number of aliphatic hydroxyl groups is 1. The van der Waals surface area contributed by atoms with Gasteiger partial charge in [-0.15, -0.1) is 0 Å². The van der Waals surface area contributed by atoms with E-state index in [0.717, 1.165) is 17.2 Å². The zero-order valence-corrected chi connectivity index (χ0v) is 20.1. The second kappa shape index (κ2) is 11.5. The molecule has 0 saturated heterocycles. The molecule has 5 nitrogen and oxygen atoms in total. The topological polar surface area (TPSA) is 59.0 Å². The van der Waals surface area contributed by atoms with E-state index in [1.54, 1.807) is 4.90 Å². The van der Waals surface area contributed by atoms with Crippen LogP contribution >= 0.6 is 0 Å². The number of hydrogen-bond acceptors (Lipinski definition) is 4. The normalized spacial score (nSPS) is 14.0. The average Bonchev–Trinajstić information content (AvgIpc) is 2.58. The number of hydrogen-bond donors (Lipinski definition) is 1. The van der Waals surface area contributed by atoms with Gasteiger partial charge < -0.3 is 19.5 Å². The van der Waals surface area contributed by atoms with E-state index in [1.165, 1.54) is 0 Å². The SMILES string of the molecule is C=C(C[Si](C)(C)C)[C@@H](OC(=O)N(C(C)C)C(C)C)[C@H](O)COCc1ccccc1. The number of rotatable bonds is 11. The van der Waals surface area contributed by atoms with Gasteiger partial charge in [0.1, 0.15) is 6.10 Å². The van der Waals surface area contributed by atoms with Crippen LogP contribution in [0.3, 0.4) is 0 Å². The fraction of sp³-hybridized carbons (Fsp3) is 0.609. The Labute approximate surface area is 177 Å². The molecule has 6 heteroatoms. The van der Waals surface area contributed by atoms with Gasteiger partial charge in [-0.1, -0.05) is 56.6 Å². The molecule has 0 bridgehead atoms. The Kier molecular flexibility index (Phi) is 10.1. The van der Waals surface area contributed by atoms with Gasteiger partial charge in [-0.2, -0.15) is 0 Å². The lowest BCUT2D eigenvalue weighted by molar-refractivity contribution is -0.0448. The maximum atomic E-state index is 12.8. The number of benzene rings is 1. The number of ether oxygens (including phenoxy) is 2. The molecule has 1 aromatic rings. The van der Waals surface area contributed by atoms with Crippen molar-refractivity contribution in [1.82, 2.24) is 4.90 Å². The molecule has 29 heavy (non-hydrogen) atoms. The highest BCUT2D eigenvalue weighted by Gasteiger charge is 2.32. The molecule has 164 valence electrons. The van der Waals surface area contributed by atoms with Crippen LogP contribution in [-0.4, -0.2) is 55.1 Å². The summed E-state index contributed by atoms with van der Waals surface area (Å²) in [5, 5.41) is 10.8. The van der Waals surface area contributed by atoms with Gasteiger partial charge >= 0.3 is 6.09 Å². The van der Waals surface area contributed by atoms with Crippen molar-refractivity contribution in [2.45, 2.75) is 84.3 Å². The van der Waals surface area contributed by atoms with Crippen molar-refractivity contribution in [3.63, 3.8) is 0 Å². The third-order valence-corrected chi connectivity index (χ3v) is 5.98. The number of nitrogens with zero attached hydrogens (tertiary/aromatic N) is 1. The Morgan fingerprint density at radius 2 is 1.66 bits per heavy atom. The number of carbonyl (C=O) groups is 1. The van der Waals surface area contributed by atoms with Crippen molar-refractivity contribution in [1.29, 1.82) is 0 Å². The summed E-state index contributed by atoms with van der Waals surface area (Å²) >= 11 is 0. The molecule has 1 N–H and O–H groups in total. The molecular formula is C23H39NO4Si. The van der Waals surface area contributed by atoms with E-state index in [2.05, 4.69) is 26.2 Å². The zero-order valence-electron chi connectivity index (χ0n) is 19.1. The molecule has 0 aliphatic carbocycles. The lowest BCUT2D eigenvalue weighted by atomic mass is 10.1. The van der Waals surface area contributed by atoms with Gasteiger partial charge in [0, 0.05) is 20.2 Å². The minimum absolute atomic E-state index is 0.000111. The van der Waals surface area contributed by atoms with E-state index in [1.807, 2.05) is 58.0 Å². The van der Waals surface area contributed by atoms with Gasteiger partial charge in [-0.25, -0.2) is 4.79 Å². The maximum Gasteiger partial charge on any atom is 0.410 e. The van der Waals surface area contributed by atoms with E-state index < -0.39 is 26.4 Å². The minimum atomic E-state index is -1.49. The first-order valence-electron chi connectivity index (χ1n) is 10.4. The van der Waals surface area contributed by atoms with Crippen molar-refractivity contribution in [2.75, 3.05) is 6.61 Å². The molecule has 0 radical (unpaired) electrons. The highest BCUT2D eigenvalue weighted by atomic mass is 28.3. The van der Waals surface area contributed by atoms with E-state index in [-0.39, 0.29) is 18.7 Å². The fourth-order valence-corrected chi connectivity index (χ4v) is 4.93. The lowest BCUT2D eigenvalue weighted by Gasteiger charge is -2.34. The molecule has 2 atom stereocenters. The molecular weight excluding hydrogens is 382 g/mol. The molecule has 1 aromatic carbocycles. The summed E-state index contributed by atoms with van der Waals surface area (Å²) in [6.07, 6.45) is -2.18. The van der Waals surface area contributed by atoms with E-state index in [9.17, 15) is 9.90 Å². The largest absolute Gasteiger partial charge is 0.439 e.